The maximum absolute atomic E-state index is 13.1. The smallest absolute Gasteiger partial charge is 0.344 e. The Bertz CT molecular complexity index is 308. The summed E-state index contributed by atoms with van der Waals surface area (Å²) in [5, 5.41) is 5.32. The fraction of sp³-hybridized carbons (Fsp3) is 0.923. The van der Waals surface area contributed by atoms with Crippen LogP contribution < -0.4 is 10.6 Å². The minimum atomic E-state index is -4.34. The van der Waals surface area contributed by atoms with Crippen LogP contribution in [0.2, 0.25) is 0 Å². The highest BCUT2D eigenvalue weighted by Crippen LogP contribution is 2.35. The van der Waals surface area contributed by atoms with Crippen molar-refractivity contribution in [3.63, 3.8) is 0 Å². The molecule has 1 heterocycles. The zero-order chi connectivity index (χ0) is 13.9. The van der Waals surface area contributed by atoms with Crippen molar-refractivity contribution < 1.29 is 18.0 Å². The van der Waals surface area contributed by atoms with E-state index in [4.69, 9.17) is 0 Å². The van der Waals surface area contributed by atoms with Crippen LogP contribution in [0.15, 0.2) is 0 Å². The first-order chi connectivity index (χ1) is 8.98. The van der Waals surface area contributed by atoms with E-state index in [1.54, 1.807) is 0 Å². The molecule has 1 amide bonds. The predicted molar refractivity (Wildman–Crippen MR) is 65.5 cm³/mol. The summed E-state index contributed by atoms with van der Waals surface area (Å²) in [6.07, 6.45) is -0.0318. The van der Waals surface area contributed by atoms with E-state index in [0.29, 0.717) is 25.8 Å². The minimum Gasteiger partial charge on any atom is -0.344 e. The van der Waals surface area contributed by atoms with Gasteiger partial charge in [-0.05, 0) is 38.1 Å². The molecule has 2 fully saturated rings. The molecule has 0 radical (unpaired) electrons. The SMILES string of the molecule is O=C(NC(C1CCCC1)C(F)(F)F)C1CCCNC1. The molecule has 1 aliphatic carbocycles. The van der Waals surface area contributed by atoms with E-state index < -0.39 is 24.0 Å². The Morgan fingerprint density at radius 3 is 2.37 bits per heavy atom. The number of alkyl halides is 3. The Kier molecular flexibility index (Phi) is 4.71. The van der Waals surface area contributed by atoms with Gasteiger partial charge in [0, 0.05) is 6.54 Å². The highest BCUT2D eigenvalue weighted by molar-refractivity contribution is 5.79. The van der Waals surface area contributed by atoms with E-state index in [9.17, 15) is 18.0 Å². The second-order valence-corrected chi connectivity index (χ2v) is 5.62. The molecule has 2 unspecified atom stereocenters. The van der Waals surface area contributed by atoms with Crippen LogP contribution in [0.3, 0.4) is 0 Å². The second-order valence-electron chi connectivity index (χ2n) is 5.62. The maximum Gasteiger partial charge on any atom is 0.408 e. The number of nitrogens with one attached hydrogen (secondary N) is 2. The Hall–Kier alpha value is -0.780. The van der Waals surface area contributed by atoms with Gasteiger partial charge >= 0.3 is 6.18 Å². The number of amides is 1. The molecule has 110 valence electrons. The summed E-state index contributed by atoms with van der Waals surface area (Å²) in [7, 11) is 0. The van der Waals surface area contributed by atoms with Crippen molar-refractivity contribution in [3.8, 4) is 0 Å². The lowest BCUT2D eigenvalue weighted by Crippen LogP contribution is -2.52. The monoisotopic (exact) mass is 278 g/mol. The highest BCUT2D eigenvalue weighted by atomic mass is 19.4. The molecular formula is C13H21F3N2O. The van der Waals surface area contributed by atoms with Gasteiger partial charge in [0.25, 0.3) is 0 Å². The van der Waals surface area contributed by atoms with Crippen molar-refractivity contribution in [1.82, 2.24) is 10.6 Å². The third-order valence-electron chi connectivity index (χ3n) is 4.19. The summed E-state index contributed by atoms with van der Waals surface area (Å²) >= 11 is 0. The Morgan fingerprint density at radius 2 is 1.84 bits per heavy atom. The summed E-state index contributed by atoms with van der Waals surface area (Å²) < 4.78 is 39.2. The Morgan fingerprint density at radius 1 is 1.16 bits per heavy atom. The zero-order valence-electron chi connectivity index (χ0n) is 10.9. The van der Waals surface area contributed by atoms with Gasteiger partial charge in [-0.25, -0.2) is 0 Å². The molecule has 0 aromatic carbocycles. The van der Waals surface area contributed by atoms with Crippen molar-refractivity contribution >= 4 is 5.91 Å². The molecule has 1 saturated heterocycles. The predicted octanol–water partition coefficient (Wildman–Crippen LogP) is 2.22. The van der Waals surface area contributed by atoms with Crippen LogP contribution in [-0.4, -0.2) is 31.2 Å². The van der Waals surface area contributed by atoms with Gasteiger partial charge in [0.05, 0.1) is 5.92 Å². The summed E-state index contributed by atoms with van der Waals surface area (Å²) in [6, 6.07) is -1.66. The van der Waals surface area contributed by atoms with Crippen molar-refractivity contribution in [3.05, 3.63) is 0 Å². The lowest BCUT2D eigenvalue weighted by molar-refractivity contribution is -0.173. The summed E-state index contributed by atoms with van der Waals surface area (Å²) in [4.78, 5) is 12.0. The van der Waals surface area contributed by atoms with E-state index in [0.717, 1.165) is 25.8 Å². The number of piperidine rings is 1. The lowest BCUT2D eigenvalue weighted by Gasteiger charge is -2.30. The van der Waals surface area contributed by atoms with Gasteiger partial charge in [-0.15, -0.1) is 0 Å². The molecule has 0 aromatic heterocycles. The van der Waals surface area contributed by atoms with E-state index in [1.165, 1.54) is 0 Å². The van der Waals surface area contributed by atoms with Crippen molar-refractivity contribution in [2.75, 3.05) is 13.1 Å². The van der Waals surface area contributed by atoms with E-state index >= 15 is 0 Å². The number of carbonyl (C=O) groups is 1. The number of halogens is 3. The number of hydrogen-bond acceptors (Lipinski definition) is 2. The summed E-state index contributed by atoms with van der Waals surface area (Å²) in [5.74, 6) is -1.21. The van der Waals surface area contributed by atoms with Gasteiger partial charge in [-0.3, -0.25) is 4.79 Å². The molecule has 19 heavy (non-hydrogen) atoms. The van der Waals surface area contributed by atoms with E-state index in [1.807, 2.05) is 0 Å². The zero-order valence-corrected chi connectivity index (χ0v) is 10.9. The highest BCUT2D eigenvalue weighted by Gasteiger charge is 2.46. The van der Waals surface area contributed by atoms with Gasteiger partial charge in [0.2, 0.25) is 5.91 Å². The van der Waals surface area contributed by atoms with Crippen LogP contribution in [0.1, 0.15) is 38.5 Å². The first-order valence-corrected chi connectivity index (χ1v) is 7.06. The maximum atomic E-state index is 13.1. The molecule has 0 spiro atoms. The fourth-order valence-electron chi connectivity index (χ4n) is 3.10. The van der Waals surface area contributed by atoms with Gasteiger partial charge in [0.1, 0.15) is 6.04 Å². The average molecular weight is 278 g/mol. The van der Waals surface area contributed by atoms with Crippen molar-refractivity contribution in [2.45, 2.75) is 50.7 Å². The van der Waals surface area contributed by atoms with Crippen LogP contribution >= 0.6 is 0 Å². The van der Waals surface area contributed by atoms with Crippen LogP contribution in [0.4, 0.5) is 13.2 Å². The van der Waals surface area contributed by atoms with Crippen LogP contribution in [-0.2, 0) is 4.79 Å². The van der Waals surface area contributed by atoms with Gasteiger partial charge in [-0.1, -0.05) is 12.8 Å². The van der Waals surface area contributed by atoms with Crippen LogP contribution in [0, 0.1) is 11.8 Å². The van der Waals surface area contributed by atoms with Gasteiger partial charge in [0.15, 0.2) is 0 Å². The molecule has 0 bridgehead atoms. The average Bonchev–Trinajstić information content (AvgIpc) is 2.88. The summed E-state index contributed by atoms with van der Waals surface area (Å²) in [6.45, 7) is 1.33. The molecule has 0 aromatic rings. The second kappa shape index (κ2) is 6.11. The standard InChI is InChI=1S/C13H21F3N2O/c14-13(15,16)11(9-4-1-2-5-9)18-12(19)10-6-3-7-17-8-10/h9-11,17H,1-8H2,(H,18,19). The molecule has 6 heteroatoms. The van der Waals surface area contributed by atoms with Gasteiger partial charge < -0.3 is 10.6 Å². The largest absolute Gasteiger partial charge is 0.408 e. The molecule has 2 N–H and O–H groups in total. The molecule has 2 rings (SSSR count). The minimum absolute atomic E-state index is 0.319. The van der Waals surface area contributed by atoms with Crippen LogP contribution in [0.5, 0.6) is 0 Å². The molecule has 1 saturated carbocycles. The molecule has 3 nitrogen and oxygen atoms in total. The first-order valence-electron chi connectivity index (χ1n) is 7.06. The topological polar surface area (TPSA) is 41.1 Å². The third-order valence-corrected chi connectivity index (χ3v) is 4.19. The first kappa shape index (κ1) is 14.6. The van der Waals surface area contributed by atoms with Crippen molar-refractivity contribution in [2.24, 2.45) is 11.8 Å². The lowest BCUT2D eigenvalue weighted by atomic mass is 9.94. The molecular weight excluding hydrogens is 257 g/mol. The third kappa shape index (κ3) is 3.84. The quantitative estimate of drug-likeness (QED) is 0.831. The Balaban J connectivity index is 1.96. The van der Waals surface area contributed by atoms with Crippen LogP contribution in [0.25, 0.3) is 0 Å². The number of carbonyl (C=O) groups excluding carboxylic acids is 1. The molecule has 2 aliphatic rings. The van der Waals surface area contributed by atoms with Crippen molar-refractivity contribution in [1.29, 1.82) is 0 Å². The van der Waals surface area contributed by atoms with Gasteiger partial charge in [-0.2, -0.15) is 13.2 Å². The number of hydrogen-bond donors (Lipinski definition) is 2. The number of rotatable bonds is 3. The molecule has 2 atom stereocenters. The summed E-state index contributed by atoms with van der Waals surface area (Å²) in [5.41, 5.74) is 0. The fourth-order valence-corrected chi connectivity index (χ4v) is 3.10. The Labute approximate surface area is 111 Å². The normalized spacial score (nSPS) is 27.2. The molecule has 1 aliphatic heterocycles. The van der Waals surface area contributed by atoms with E-state index in [-0.39, 0.29) is 5.92 Å². The van der Waals surface area contributed by atoms with E-state index in [2.05, 4.69) is 10.6 Å².